The number of aromatic nitrogens is 2. The number of benzene rings is 3. The van der Waals surface area contributed by atoms with E-state index in [4.69, 9.17) is 0 Å². The lowest BCUT2D eigenvalue weighted by atomic mass is 10.0. The van der Waals surface area contributed by atoms with Gasteiger partial charge in [-0.1, -0.05) is 72.8 Å². The molecule has 1 heterocycles. The number of aryl methyl sites for hydroxylation is 1. The monoisotopic (exact) mass is 502 g/mol. The molecule has 5 rings (SSSR count). The van der Waals surface area contributed by atoms with Crippen LogP contribution in [-0.2, 0) is 11.8 Å². The predicted molar refractivity (Wildman–Crippen MR) is 148 cm³/mol. The Bertz CT molecular complexity index is 1550. The Balaban J connectivity index is 1.23. The second-order valence-electron chi connectivity index (χ2n) is 8.94. The molecular weight excluding hydrogens is 476 g/mol. The predicted octanol–water partition coefficient (Wildman–Crippen LogP) is 5.79. The van der Waals surface area contributed by atoms with Crippen LogP contribution in [0.5, 0.6) is 0 Å². The molecule has 3 aromatic carbocycles. The Hall–Kier alpha value is -5.04. The molecule has 188 valence electrons. The van der Waals surface area contributed by atoms with Gasteiger partial charge in [0.1, 0.15) is 5.82 Å². The normalized spacial score (nSPS) is 12.5. The fraction of sp³-hybridized carbons (Fsp3) is 0.0968. The molecule has 0 bridgehead atoms. The van der Waals surface area contributed by atoms with E-state index in [0.717, 1.165) is 18.4 Å². The minimum Gasteiger partial charge on any atom is -0.322 e. The number of ketones is 1. The molecule has 1 aliphatic carbocycles. The third-order valence-electron chi connectivity index (χ3n) is 6.26. The molecule has 0 radical (unpaired) electrons. The van der Waals surface area contributed by atoms with Crippen molar-refractivity contribution >= 4 is 29.1 Å². The quantitative estimate of drug-likeness (QED) is 0.313. The summed E-state index contributed by atoms with van der Waals surface area (Å²) in [7, 11) is 1.75. The van der Waals surface area contributed by atoms with Crippen LogP contribution >= 0.6 is 0 Å². The van der Waals surface area contributed by atoms with Crippen molar-refractivity contribution in [3.05, 3.63) is 125 Å². The molecule has 1 aromatic heterocycles. The number of carbonyl (C=O) groups is 3. The SMILES string of the molecule is Cn1nc(-c2ccc(NC(=O)C3=CCCC=C3)cc2)cc1NC(=O)c1ccc(C(=O)c2ccccc2)cc1. The van der Waals surface area contributed by atoms with Crippen molar-refractivity contribution in [2.75, 3.05) is 10.6 Å². The zero-order valence-electron chi connectivity index (χ0n) is 20.8. The minimum absolute atomic E-state index is 0.0951. The maximum absolute atomic E-state index is 12.9. The van der Waals surface area contributed by atoms with E-state index in [1.165, 1.54) is 0 Å². The van der Waals surface area contributed by atoms with Crippen molar-refractivity contribution in [1.82, 2.24) is 9.78 Å². The molecule has 1 aliphatic rings. The standard InChI is InChI=1S/C31H26N4O3/c1-35-28(33-31(38)25-14-12-23(13-15-25)29(36)22-8-4-2-5-9-22)20-27(34-35)21-16-18-26(19-17-21)32-30(37)24-10-6-3-7-11-24/h2,4-6,8-20H,3,7H2,1H3,(H,32,37)(H,33,38). The summed E-state index contributed by atoms with van der Waals surface area (Å²) < 4.78 is 1.60. The van der Waals surface area contributed by atoms with Crippen molar-refractivity contribution in [1.29, 1.82) is 0 Å². The Morgan fingerprint density at radius 1 is 0.763 bits per heavy atom. The molecule has 38 heavy (non-hydrogen) atoms. The summed E-state index contributed by atoms with van der Waals surface area (Å²) in [5.74, 6) is 0.00144. The number of carbonyl (C=O) groups excluding carboxylic acids is 3. The van der Waals surface area contributed by atoms with Crippen molar-refractivity contribution in [2.24, 2.45) is 7.05 Å². The lowest BCUT2D eigenvalue weighted by Crippen LogP contribution is -2.14. The number of allylic oxidation sites excluding steroid dienone is 2. The molecule has 0 spiro atoms. The van der Waals surface area contributed by atoms with Crippen LogP contribution in [-0.4, -0.2) is 27.4 Å². The summed E-state index contributed by atoms with van der Waals surface area (Å²) >= 11 is 0. The van der Waals surface area contributed by atoms with Crippen LogP contribution in [0.3, 0.4) is 0 Å². The fourth-order valence-electron chi connectivity index (χ4n) is 4.15. The number of hydrogen-bond acceptors (Lipinski definition) is 4. The van der Waals surface area contributed by atoms with E-state index >= 15 is 0 Å². The third-order valence-corrected chi connectivity index (χ3v) is 6.26. The average Bonchev–Trinajstić information content (AvgIpc) is 3.33. The average molecular weight is 503 g/mol. The second kappa shape index (κ2) is 10.9. The Morgan fingerprint density at radius 2 is 1.45 bits per heavy atom. The number of rotatable bonds is 7. The lowest BCUT2D eigenvalue weighted by Gasteiger charge is -2.08. The third kappa shape index (κ3) is 5.52. The van der Waals surface area contributed by atoms with E-state index in [1.807, 2.05) is 60.7 Å². The van der Waals surface area contributed by atoms with Crippen LogP contribution in [0.25, 0.3) is 11.3 Å². The molecular formula is C31H26N4O3. The Labute approximate surface area is 220 Å². The number of hydrogen-bond donors (Lipinski definition) is 2. The first-order chi connectivity index (χ1) is 18.5. The molecule has 0 saturated heterocycles. The number of anilines is 2. The van der Waals surface area contributed by atoms with Gasteiger partial charge in [0.2, 0.25) is 0 Å². The molecule has 0 unspecified atom stereocenters. The van der Waals surface area contributed by atoms with Crippen LogP contribution in [0.15, 0.2) is 109 Å². The highest BCUT2D eigenvalue weighted by molar-refractivity contribution is 6.10. The van der Waals surface area contributed by atoms with E-state index in [0.29, 0.717) is 39.5 Å². The maximum Gasteiger partial charge on any atom is 0.256 e. The van der Waals surface area contributed by atoms with E-state index in [9.17, 15) is 14.4 Å². The zero-order valence-corrected chi connectivity index (χ0v) is 20.8. The van der Waals surface area contributed by atoms with Crippen LogP contribution < -0.4 is 10.6 Å². The van der Waals surface area contributed by atoms with E-state index in [-0.39, 0.29) is 17.6 Å². The molecule has 2 N–H and O–H groups in total. The summed E-state index contributed by atoms with van der Waals surface area (Å²) in [6.45, 7) is 0. The van der Waals surface area contributed by atoms with Crippen LogP contribution in [0.4, 0.5) is 11.5 Å². The van der Waals surface area contributed by atoms with Gasteiger partial charge in [0.15, 0.2) is 5.78 Å². The molecule has 0 aliphatic heterocycles. The maximum atomic E-state index is 12.9. The highest BCUT2D eigenvalue weighted by Crippen LogP contribution is 2.24. The molecule has 7 nitrogen and oxygen atoms in total. The van der Waals surface area contributed by atoms with Gasteiger partial charge in [0.25, 0.3) is 11.8 Å². The largest absolute Gasteiger partial charge is 0.322 e. The number of amides is 2. The summed E-state index contributed by atoms with van der Waals surface area (Å²) in [4.78, 5) is 37.9. The summed E-state index contributed by atoms with van der Waals surface area (Å²) in [6.07, 6.45) is 7.61. The van der Waals surface area contributed by atoms with Gasteiger partial charge in [-0.3, -0.25) is 19.1 Å². The lowest BCUT2D eigenvalue weighted by molar-refractivity contribution is -0.112. The minimum atomic E-state index is -0.303. The highest BCUT2D eigenvalue weighted by atomic mass is 16.2. The molecule has 0 saturated carbocycles. The Morgan fingerprint density at radius 3 is 2.13 bits per heavy atom. The van der Waals surface area contributed by atoms with E-state index in [2.05, 4.69) is 15.7 Å². The Kier molecular flexibility index (Phi) is 7.08. The van der Waals surface area contributed by atoms with Crippen molar-refractivity contribution in [3.8, 4) is 11.3 Å². The van der Waals surface area contributed by atoms with Gasteiger partial charge in [0, 0.05) is 46.6 Å². The van der Waals surface area contributed by atoms with Crippen molar-refractivity contribution < 1.29 is 14.4 Å². The van der Waals surface area contributed by atoms with Gasteiger partial charge in [-0.05, 0) is 37.1 Å². The van der Waals surface area contributed by atoms with Crippen molar-refractivity contribution in [2.45, 2.75) is 12.8 Å². The topological polar surface area (TPSA) is 93.1 Å². The molecule has 4 aromatic rings. The first-order valence-corrected chi connectivity index (χ1v) is 12.3. The van der Waals surface area contributed by atoms with Crippen LogP contribution in [0.1, 0.15) is 39.1 Å². The van der Waals surface area contributed by atoms with Gasteiger partial charge < -0.3 is 10.6 Å². The fourth-order valence-corrected chi connectivity index (χ4v) is 4.15. The molecule has 0 atom stereocenters. The van der Waals surface area contributed by atoms with Crippen molar-refractivity contribution in [3.63, 3.8) is 0 Å². The van der Waals surface area contributed by atoms with Gasteiger partial charge in [-0.2, -0.15) is 5.10 Å². The first-order valence-electron chi connectivity index (χ1n) is 12.3. The summed E-state index contributed by atoms with van der Waals surface area (Å²) in [5.41, 5.74) is 4.44. The molecule has 7 heteroatoms. The van der Waals surface area contributed by atoms with Gasteiger partial charge >= 0.3 is 0 Å². The van der Waals surface area contributed by atoms with E-state index < -0.39 is 0 Å². The molecule has 0 fully saturated rings. The first kappa shape index (κ1) is 24.6. The highest BCUT2D eigenvalue weighted by Gasteiger charge is 2.14. The van der Waals surface area contributed by atoms with Gasteiger partial charge in [-0.15, -0.1) is 0 Å². The summed E-state index contributed by atoms with van der Waals surface area (Å²) in [5, 5.41) is 10.3. The van der Waals surface area contributed by atoms with Crippen LogP contribution in [0.2, 0.25) is 0 Å². The second-order valence-corrected chi connectivity index (χ2v) is 8.94. The number of nitrogens with one attached hydrogen (secondary N) is 2. The molecule has 2 amide bonds. The number of nitrogens with zero attached hydrogens (tertiary/aromatic N) is 2. The summed E-state index contributed by atoms with van der Waals surface area (Å²) in [6, 6.07) is 24.8. The van der Waals surface area contributed by atoms with Gasteiger partial charge in [0.05, 0.1) is 5.69 Å². The van der Waals surface area contributed by atoms with Gasteiger partial charge in [-0.25, -0.2) is 0 Å². The smallest absolute Gasteiger partial charge is 0.256 e. The van der Waals surface area contributed by atoms with Crippen LogP contribution in [0, 0.1) is 0 Å². The zero-order chi connectivity index (χ0) is 26.5. The van der Waals surface area contributed by atoms with E-state index in [1.54, 1.807) is 54.2 Å².